The lowest BCUT2D eigenvalue weighted by atomic mass is 9.90. The number of carboxylic acid groups (broad SMARTS) is 1. The van der Waals surface area contributed by atoms with E-state index in [4.69, 9.17) is 0 Å². The van der Waals surface area contributed by atoms with Gasteiger partial charge >= 0.3 is 5.97 Å². The summed E-state index contributed by atoms with van der Waals surface area (Å²) in [5.74, 6) is -0.908. The Morgan fingerprint density at radius 1 is 1.24 bits per heavy atom. The van der Waals surface area contributed by atoms with E-state index in [0.29, 0.717) is 10.9 Å². The van der Waals surface area contributed by atoms with Crippen molar-refractivity contribution in [3.05, 3.63) is 41.6 Å². The van der Waals surface area contributed by atoms with Gasteiger partial charge in [0.25, 0.3) is 0 Å². The third-order valence-corrected chi connectivity index (χ3v) is 2.72. The monoisotopic (exact) mass is 229 g/mol. The van der Waals surface area contributed by atoms with E-state index in [1.165, 1.54) is 0 Å². The molecule has 0 aliphatic rings. The zero-order chi connectivity index (χ0) is 12.6. The predicted molar refractivity (Wildman–Crippen MR) is 67.4 cm³/mol. The fourth-order valence-corrected chi connectivity index (χ4v) is 1.74. The van der Waals surface area contributed by atoms with E-state index in [9.17, 15) is 9.90 Å². The first-order valence-electron chi connectivity index (χ1n) is 5.53. The number of aromatic nitrogens is 1. The zero-order valence-electron chi connectivity index (χ0n) is 10.2. The molecule has 0 aliphatic heterocycles. The van der Waals surface area contributed by atoms with Crippen molar-refractivity contribution in [2.24, 2.45) is 0 Å². The highest BCUT2D eigenvalue weighted by atomic mass is 16.4. The third-order valence-electron chi connectivity index (χ3n) is 2.72. The summed E-state index contributed by atoms with van der Waals surface area (Å²) in [4.78, 5) is 15.8. The summed E-state index contributed by atoms with van der Waals surface area (Å²) in [6, 6.07) is 9.00. The lowest BCUT2D eigenvalue weighted by molar-refractivity contribution is 0.0699. The quantitative estimate of drug-likeness (QED) is 0.816. The predicted octanol–water partition coefficient (Wildman–Crippen LogP) is 3.23. The number of carboxylic acids is 1. The Hall–Kier alpha value is -1.90. The highest BCUT2D eigenvalue weighted by Gasteiger charge is 2.19. The molecule has 1 N–H and O–H groups in total. The fraction of sp³-hybridized carbons (Fsp3) is 0.286. The summed E-state index contributed by atoms with van der Waals surface area (Å²) >= 11 is 0. The minimum atomic E-state index is -0.908. The molecule has 17 heavy (non-hydrogen) atoms. The van der Waals surface area contributed by atoms with Gasteiger partial charge in [0.05, 0.1) is 11.1 Å². The minimum absolute atomic E-state index is 0.159. The Morgan fingerprint density at radius 3 is 2.47 bits per heavy atom. The van der Waals surface area contributed by atoms with Crippen molar-refractivity contribution in [1.29, 1.82) is 0 Å². The van der Waals surface area contributed by atoms with Gasteiger partial charge in [0.1, 0.15) is 0 Å². The van der Waals surface area contributed by atoms with Crippen LogP contribution in [0.3, 0.4) is 0 Å². The van der Waals surface area contributed by atoms with Crippen molar-refractivity contribution in [1.82, 2.24) is 4.98 Å². The van der Waals surface area contributed by atoms with Crippen LogP contribution in [0.25, 0.3) is 10.9 Å². The number of nitrogens with zero attached hydrogens (tertiary/aromatic N) is 1. The van der Waals surface area contributed by atoms with Gasteiger partial charge in [-0.2, -0.15) is 0 Å². The van der Waals surface area contributed by atoms with E-state index < -0.39 is 5.97 Å². The van der Waals surface area contributed by atoms with Crippen molar-refractivity contribution in [2.45, 2.75) is 26.2 Å². The van der Waals surface area contributed by atoms with Crippen LogP contribution in [-0.4, -0.2) is 16.1 Å². The molecule has 3 heteroatoms. The van der Waals surface area contributed by atoms with Gasteiger partial charge in [-0.25, -0.2) is 4.79 Å². The van der Waals surface area contributed by atoms with Crippen molar-refractivity contribution >= 4 is 16.9 Å². The van der Waals surface area contributed by atoms with Gasteiger partial charge in [0.15, 0.2) is 0 Å². The second kappa shape index (κ2) is 3.84. The van der Waals surface area contributed by atoms with Gasteiger partial charge in [0.2, 0.25) is 0 Å². The average molecular weight is 229 g/mol. The smallest absolute Gasteiger partial charge is 0.336 e. The molecule has 0 bridgehead atoms. The molecule has 0 unspecified atom stereocenters. The third kappa shape index (κ3) is 2.13. The van der Waals surface area contributed by atoms with Gasteiger partial charge in [0, 0.05) is 16.5 Å². The highest BCUT2D eigenvalue weighted by Crippen LogP contribution is 2.26. The number of hydrogen-bond donors (Lipinski definition) is 1. The van der Waals surface area contributed by atoms with E-state index in [1.807, 2.05) is 39.0 Å². The number of para-hydroxylation sites is 1. The molecule has 1 aromatic carbocycles. The molecular weight excluding hydrogens is 214 g/mol. The van der Waals surface area contributed by atoms with E-state index in [-0.39, 0.29) is 5.41 Å². The lowest BCUT2D eigenvalue weighted by Crippen LogP contribution is -2.15. The molecule has 88 valence electrons. The molecule has 0 fully saturated rings. The Labute approximate surface area is 100 Å². The average Bonchev–Trinajstić information content (AvgIpc) is 2.26. The van der Waals surface area contributed by atoms with Crippen LogP contribution < -0.4 is 0 Å². The summed E-state index contributed by atoms with van der Waals surface area (Å²) in [6.07, 6.45) is 0. The van der Waals surface area contributed by atoms with Crippen molar-refractivity contribution in [3.63, 3.8) is 0 Å². The molecule has 1 heterocycles. The first-order chi connectivity index (χ1) is 7.89. The van der Waals surface area contributed by atoms with Crippen LogP contribution >= 0.6 is 0 Å². The zero-order valence-corrected chi connectivity index (χ0v) is 10.2. The molecule has 2 rings (SSSR count). The summed E-state index contributed by atoms with van der Waals surface area (Å²) < 4.78 is 0. The van der Waals surface area contributed by atoms with Crippen LogP contribution in [0.1, 0.15) is 36.8 Å². The molecule has 0 atom stereocenters. The molecule has 0 saturated heterocycles. The summed E-state index contributed by atoms with van der Waals surface area (Å²) in [5.41, 5.74) is 1.69. The second-order valence-electron chi connectivity index (χ2n) is 5.13. The highest BCUT2D eigenvalue weighted by molar-refractivity contribution is 6.02. The molecule has 0 spiro atoms. The van der Waals surface area contributed by atoms with Crippen LogP contribution in [0, 0.1) is 0 Å². The SMILES string of the molecule is CC(C)(C)c1cc(C(=O)O)c2ccccc2n1. The summed E-state index contributed by atoms with van der Waals surface area (Å²) in [7, 11) is 0. The van der Waals surface area contributed by atoms with Crippen molar-refractivity contribution in [3.8, 4) is 0 Å². The minimum Gasteiger partial charge on any atom is -0.478 e. The molecule has 0 radical (unpaired) electrons. The van der Waals surface area contributed by atoms with E-state index >= 15 is 0 Å². The standard InChI is InChI=1S/C14H15NO2/c1-14(2,3)12-8-10(13(16)17)9-6-4-5-7-11(9)15-12/h4-8H,1-3H3,(H,16,17). The molecule has 0 saturated carbocycles. The van der Waals surface area contributed by atoms with E-state index in [1.54, 1.807) is 12.1 Å². The maximum Gasteiger partial charge on any atom is 0.336 e. The van der Waals surface area contributed by atoms with Crippen molar-refractivity contribution < 1.29 is 9.90 Å². The topological polar surface area (TPSA) is 50.2 Å². The first kappa shape index (κ1) is 11.6. The van der Waals surface area contributed by atoms with Crippen LogP contribution in [0.15, 0.2) is 30.3 Å². The van der Waals surface area contributed by atoms with Crippen LogP contribution in [0.4, 0.5) is 0 Å². The number of aromatic carboxylic acids is 1. The molecule has 0 aliphatic carbocycles. The molecule has 0 amide bonds. The second-order valence-corrected chi connectivity index (χ2v) is 5.13. The number of rotatable bonds is 1. The lowest BCUT2D eigenvalue weighted by Gasteiger charge is -2.19. The maximum atomic E-state index is 11.3. The molecule has 1 aromatic heterocycles. The maximum absolute atomic E-state index is 11.3. The van der Waals surface area contributed by atoms with E-state index in [2.05, 4.69) is 4.98 Å². The van der Waals surface area contributed by atoms with Crippen LogP contribution in [-0.2, 0) is 5.41 Å². The normalized spacial score (nSPS) is 11.7. The number of pyridine rings is 1. The largest absolute Gasteiger partial charge is 0.478 e. The van der Waals surface area contributed by atoms with Gasteiger partial charge in [-0.3, -0.25) is 4.98 Å². The first-order valence-corrected chi connectivity index (χ1v) is 5.53. The van der Waals surface area contributed by atoms with Gasteiger partial charge in [-0.05, 0) is 12.1 Å². The number of benzene rings is 1. The Bertz CT molecular complexity index is 582. The Morgan fingerprint density at radius 2 is 1.88 bits per heavy atom. The summed E-state index contributed by atoms with van der Waals surface area (Å²) in [6.45, 7) is 6.07. The van der Waals surface area contributed by atoms with Crippen LogP contribution in [0.5, 0.6) is 0 Å². The van der Waals surface area contributed by atoms with Crippen LogP contribution in [0.2, 0.25) is 0 Å². The Balaban J connectivity index is 2.81. The number of fused-ring (bicyclic) bond motifs is 1. The number of hydrogen-bond acceptors (Lipinski definition) is 2. The Kier molecular flexibility index (Phi) is 2.62. The molecule has 3 nitrogen and oxygen atoms in total. The fourth-order valence-electron chi connectivity index (χ4n) is 1.74. The van der Waals surface area contributed by atoms with E-state index in [0.717, 1.165) is 11.2 Å². The van der Waals surface area contributed by atoms with Crippen molar-refractivity contribution in [2.75, 3.05) is 0 Å². The summed E-state index contributed by atoms with van der Waals surface area (Å²) in [5, 5.41) is 9.93. The number of carbonyl (C=O) groups is 1. The molecule has 2 aromatic rings. The van der Waals surface area contributed by atoms with Gasteiger partial charge < -0.3 is 5.11 Å². The molecular formula is C14H15NO2. The van der Waals surface area contributed by atoms with Gasteiger partial charge in [-0.15, -0.1) is 0 Å². The van der Waals surface area contributed by atoms with Gasteiger partial charge in [-0.1, -0.05) is 39.0 Å².